The molecule has 0 bridgehead atoms. The molecule has 0 saturated heterocycles. The van der Waals surface area contributed by atoms with E-state index >= 15 is 0 Å². The molecule has 1 rings (SSSR count). The molecule has 1 fully saturated rings. The van der Waals surface area contributed by atoms with E-state index < -0.39 is 0 Å². The van der Waals surface area contributed by atoms with Gasteiger partial charge in [0, 0.05) is 5.37 Å². The summed E-state index contributed by atoms with van der Waals surface area (Å²) in [6, 6.07) is 0. The van der Waals surface area contributed by atoms with Crippen LogP contribution in [0.25, 0.3) is 0 Å². The average molecular weight is 85.2 g/mol. The molecule has 0 amide bonds. The molecule has 1 saturated carbocycles. The first-order chi connectivity index (χ1) is 2.43. The summed E-state index contributed by atoms with van der Waals surface area (Å²) in [6.07, 6.45) is 2.59. The molecule has 1 aliphatic rings. The Bertz CT molecular complexity index is 45.6. The van der Waals surface area contributed by atoms with Gasteiger partial charge >= 0.3 is 0 Å². The Morgan fingerprint density at radius 1 is 1.60 bits per heavy atom. The van der Waals surface area contributed by atoms with Gasteiger partial charge < -0.3 is 0 Å². The van der Waals surface area contributed by atoms with Crippen LogP contribution in [0.5, 0.6) is 0 Å². The normalized spacial score (nSPS) is 22.4. The molecule has 0 aromatic carbocycles. The van der Waals surface area contributed by atoms with E-state index in [-0.39, 0.29) is 0 Å². The highest BCUT2D eigenvalue weighted by molar-refractivity contribution is 7.79. The molecule has 1 radical (unpaired) electrons. The Labute approximate surface area is 37.2 Å². The molecule has 0 N–H and O–H groups in total. The zero-order valence-corrected chi connectivity index (χ0v) is 3.72. The van der Waals surface area contributed by atoms with Crippen molar-refractivity contribution in [2.45, 2.75) is 12.8 Å². The molecular weight excluding hydrogens is 80.1 g/mol. The Morgan fingerprint density at radius 2 is 2.20 bits per heavy atom. The van der Waals surface area contributed by atoms with E-state index in [0.29, 0.717) is 5.92 Å². The lowest BCUT2D eigenvalue weighted by molar-refractivity contribution is 1.27. The van der Waals surface area contributed by atoms with Crippen molar-refractivity contribution in [1.82, 2.24) is 0 Å². The lowest BCUT2D eigenvalue weighted by Crippen LogP contribution is -1.62. The first-order valence-electron chi connectivity index (χ1n) is 1.81. The third kappa shape index (κ3) is 0.690. The van der Waals surface area contributed by atoms with E-state index in [4.69, 9.17) is 0 Å². The van der Waals surface area contributed by atoms with Crippen LogP contribution < -0.4 is 0 Å². The minimum Gasteiger partial charge on any atom is -0.0834 e. The average Bonchev–Trinajstić information content (AvgIpc) is 2.12. The molecule has 1 aliphatic carbocycles. The third-order valence-corrected chi connectivity index (χ3v) is 1.08. The first kappa shape index (κ1) is 3.29. The van der Waals surface area contributed by atoms with Gasteiger partial charge in [0.15, 0.2) is 0 Å². The molecule has 5 heavy (non-hydrogen) atoms. The summed E-state index contributed by atoms with van der Waals surface area (Å²) in [6.45, 7) is 0. The first-order valence-corrected chi connectivity index (χ1v) is 2.22. The van der Waals surface area contributed by atoms with Crippen LogP contribution >= 0.6 is 12.2 Å². The quantitative estimate of drug-likeness (QED) is 0.432. The van der Waals surface area contributed by atoms with Gasteiger partial charge in [-0.3, -0.25) is 0 Å². The highest BCUT2D eigenvalue weighted by atomic mass is 32.1. The van der Waals surface area contributed by atoms with Crippen molar-refractivity contribution in [2.75, 3.05) is 0 Å². The monoisotopic (exact) mass is 85.0 g/mol. The maximum Gasteiger partial charge on any atom is 0.0325 e. The van der Waals surface area contributed by atoms with Gasteiger partial charge in [0.1, 0.15) is 0 Å². The topological polar surface area (TPSA) is 0 Å². The Kier molecular flexibility index (Phi) is 0.692. The SMILES string of the molecule is S=[C]C1CC1. The van der Waals surface area contributed by atoms with Crippen LogP contribution in [0.1, 0.15) is 12.8 Å². The van der Waals surface area contributed by atoms with Gasteiger partial charge in [0.05, 0.1) is 0 Å². The van der Waals surface area contributed by atoms with Gasteiger partial charge in [-0.2, -0.15) is 0 Å². The van der Waals surface area contributed by atoms with Crippen LogP contribution in [-0.2, 0) is 0 Å². The highest BCUT2D eigenvalue weighted by Gasteiger charge is 2.17. The summed E-state index contributed by atoms with van der Waals surface area (Å²) in [7, 11) is 0. The van der Waals surface area contributed by atoms with Crippen LogP contribution in [0.4, 0.5) is 0 Å². The smallest absolute Gasteiger partial charge is 0.0325 e. The van der Waals surface area contributed by atoms with Gasteiger partial charge in [0.2, 0.25) is 0 Å². The van der Waals surface area contributed by atoms with Crippen LogP contribution in [0.3, 0.4) is 0 Å². The standard InChI is InChI=1S/C4H5S/c5-3-4-1-2-4/h4H,1-2H2. The maximum absolute atomic E-state index is 4.49. The van der Waals surface area contributed by atoms with Crippen molar-refractivity contribution in [3.8, 4) is 0 Å². The zero-order valence-electron chi connectivity index (χ0n) is 2.90. The van der Waals surface area contributed by atoms with Crippen LogP contribution in [0, 0.1) is 5.92 Å². The molecular formula is C4H5S. The van der Waals surface area contributed by atoms with Gasteiger partial charge in [-0.25, -0.2) is 0 Å². The van der Waals surface area contributed by atoms with Gasteiger partial charge in [-0.05, 0) is 18.8 Å². The van der Waals surface area contributed by atoms with Crippen molar-refractivity contribution >= 4 is 17.6 Å². The molecule has 0 spiro atoms. The fourth-order valence-corrected chi connectivity index (χ4v) is 0.437. The molecule has 0 aromatic heterocycles. The van der Waals surface area contributed by atoms with Crippen molar-refractivity contribution in [2.24, 2.45) is 5.92 Å². The minimum absolute atomic E-state index is 0.699. The number of thiocarbonyl (C=S) groups is 1. The van der Waals surface area contributed by atoms with Crippen molar-refractivity contribution in [3.63, 3.8) is 0 Å². The summed E-state index contributed by atoms with van der Waals surface area (Å²) >= 11 is 4.49. The maximum atomic E-state index is 4.49. The highest BCUT2D eigenvalue weighted by Crippen LogP contribution is 2.25. The van der Waals surface area contributed by atoms with Crippen LogP contribution in [0.2, 0.25) is 0 Å². The second-order valence-corrected chi connectivity index (χ2v) is 1.63. The summed E-state index contributed by atoms with van der Waals surface area (Å²) in [5.41, 5.74) is 0. The van der Waals surface area contributed by atoms with Gasteiger partial charge in [-0.1, -0.05) is 12.2 Å². The third-order valence-electron chi connectivity index (χ3n) is 0.744. The molecule has 27 valence electrons. The molecule has 0 aliphatic heterocycles. The van der Waals surface area contributed by atoms with Crippen molar-refractivity contribution in [3.05, 3.63) is 0 Å². The second kappa shape index (κ2) is 1.05. The molecule has 0 nitrogen and oxygen atoms in total. The van der Waals surface area contributed by atoms with Crippen molar-refractivity contribution < 1.29 is 0 Å². The molecule has 0 atom stereocenters. The summed E-state index contributed by atoms with van der Waals surface area (Å²) in [5, 5.41) is 2.72. The van der Waals surface area contributed by atoms with E-state index in [2.05, 4.69) is 17.6 Å². The van der Waals surface area contributed by atoms with E-state index in [1.165, 1.54) is 12.8 Å². The van der Waals surface area contributed by atoms with E-state index in [1.807, 2.05) is 0 Å². The number of rotatable bonds is 1. The molecule has 1 heteroatoms. The molecule has 0 aromatic rings. The number of hydrogen-bond acceptors (Lipinski definition) is 1. The van der Waals surface area contributed by atoms with Gasteiger partial charge in [-0.15, -0.1) is 0 Å². The molecule has 0 unspecified atom stereocenters. The zero-order chi connectivity index (χ0) is 3.70. The fraction of sp³-hybridized carbons (Fsp3) is 0.750. The second-order valence-electron chi connectivity index (χ2n) is 1.39. The summed E-state index contributed by atoms with van der Waals surface area (Å²) in [5.74, 6) is 0.699. The minimum atomic E-state index is 0.699. The van der Waals surface area contributed by atoms with Crippen LogP contribution in [-0.4, -0.2) is 5.37 Å². The predicted molar refractivity (Wildman–Crippen MR) is 25.3 cm³/mol. The van der Waals surface area contributed by atoms with Crippen molar-refractivity contribution in [1.29, 1.82) is 0 Å². The van der Waals surface area contributed by atoms with E-state index in [1.54, 1.807) is 0 Å². The summed E-state index contributed by atoms with van der Waals surface area (Å²) in [4.78, 5) is 0. The lowest BCUT2D eigenvalue weighted by Gasteiger charge is -1.58. The fourth-order valence-electron chi connectivity index (χ4n) is 0.201. The van der Waals surface area contributed by atoms with E-state index in [9.17, 15) is 0 Å². The lowest BCUT2D eigenvalue weighted by atomic mass is 10.5. The largest absolute Gasteiger partial charge is 0.0834 e. The van der Waals surface area contributed by atoms with Crippen LogP contribution in [0.15, 0.2) is 0 Å². The number of hydrogen-bond donors (Lipinski definition) is 0. The Balaban J connectivity index is 2.21. The van der Waals surface area contributed by atoms with E-state index in [0.717, 1.165) is 0 Å². The Hall–Kier alpha value is 0.0900. The summed E-state index contributed by atoms with van der Waals surface area (Å²) < 4.78 is 0. The Morgan fingerprint density at radius 3 is 2.20 bits per heavy atom. The van der Waals surface area contributed by atoms with Gasteiger partial charge in [0.25, 0.3) is 0 Å². The molecule has 0 heterocycles. The predicted octanol–water partition coefficient (Wildman–Crippen LogP) is 1.27.